The van der Waals surface area contributed by atoms with E-state index in [1.807, 2.05) is 36.4 Å². The van der Waals surface area contributed by atoms with Crippen molar-refractivity contribution in [2.75, 3.05) is 13.7 Å². The van der Waals surface area contributed by atoms with Crippen LogP contribution in [0.1, 0.15) is 38.2 Å². The zero-order valence-corrected chi connectivity index (χ0v) is 18.7. The van der Waals surface area contributed by atoms with Gasteiger partial charge in [-0.25, -0.2) is 4.79 Å². The Balaban J connectivity index is 2.02. The molecule has 0 aliphatic rings. The molecule has 0 bridgehead atoms. The third-order valence-corrected chi connectivity index (χ3v) is 6.25. The number of carbonyl (C=O) groups excluding carboxylic acids is 2. The largest absolute Gasteiger partial charge is 0.496 e. The second-order valence-electron chi connectivity index (χ2n) is 6.86. The summed E-state index contributed by atoms with van der Waals surface area (Å²) in [5.74, 6) is -0.434. The van der Waals surface area contributed by atoms with Gasteiger partial charge in [-0.15, -0.1) is 11.3 Å². The first-order valence-corrected chi connectivity index (χ1v) is 10.7. The summed E-state index contributed by atoms with van der Waals surface area (Å²) < 4.78 is 10.5. The molecule has 0 radical (unpaired) electrons. The highest BCUT2D eigenvalue weighted by atomic mass is 32.1. The minimum Gasteiger partial charge on any atom is -0.496 e. The van der Waals surface area contributed by atoms with Crippen LogP contribution in [-0.4, -0.2) is 25.5 Å². The maximum absolute atomic E-state index is 13.0. The summed E-state index contributed by atoms with van der Waals surface area (Å²) in [4.78, 5) is 25.9. The van der Waals surface area contributed by atoms with E-state index in [4.69, 9.17) is 9.47 Å². The highest BCUT2D eigenvalue weighted by Crippen LogP contribution is 2.32. The molecule has 1 aromatic heterocycles. The van der Waals surface area contributed by atoms with Crippen LogP contribution in [0.25, 0.3) is 16.8 Å². The predicted octanol–water partition coefficient (Wildman–Crippen LogP) is 4.99. The van der Waals surface area contributed by atoms with Crippen LogP contribution >= 0.6 is 11.3 Å². The lowest BCUT2D eigenvalue weighted by molar-refractivity contribution is -0.114. The van der Waals surface area contributed by atoms with Gasteiger partial charge in [0, 0.05) is 16.9 Å². The lowest BCUT2D eigenvalue weighted by Crippen LogP contribution is -2.05. The van der Waals surface area contributed by atoms with Crippen LogP contribution in [0.4, 0.5) is 0 Å². The van der Waals surface area contributed by atoms with Gasteiger partial charge in [0.15, 0.2) is 5.78 Å². The Morgan fingerprint density at radius 2 is 1.91 bits per heavy atom. The van der Waals surface area contributed by atoms with Crippen molar-refractivity contribution in [3.63, 3.8) is 0 Å². The second-order valence-corrected chi connectivity index (χ2v) is 7.96. The van der Waals surface area contributed by atoms with Gasteiger partial charge in [0.1, 0.15) is 22.8 Å². The molecule has 160 valence electrons. The van der Waals surface area contributed by atoms with Crippen molar-refractivity contribution in [1.29, 1.82) is 10.5 Å². The molecule has 0 spiro atoms. The zero-order chi connectivity index (χ0) is 23.3. The average molecular weight is 445 g/mol. The van der Waals surface area contributed by atoms with Gasteiger partial charge in [0.2, 0.25) is 0 Å². The van der Waals surface area contributed by atoms with Crippen LogP contribution in [0.3, 0.4) is 0 Å². The fourth-order valence-corrected chi connectivity index (χ4v) is 4.55. The van der Waals surface area contributed by atoms with Crippen LogP contribution < -0.4 is 4.74 Å². The van der Waals surface area contributed by atoms with Crippen molar-refractivity contribution in [2.45, 2.75) is 20.3 Å². The molecule has 0 saturated heterocycles. The van der Waals surface area contributed by atoms with E-state index in [0.29, 0.717) is 26.6 Å². The third-order valence-electron chi connectivity index (χ3n) is 4.97. The smallest absolute Gasteiger partial charge is 0.348 e. The van der Waals surface area contributed by atoms with Gasteiger partial charge in [-0.1, -0.05) is 30.3 Å². The quantitative estimate of drug-likeness (QED) is 0.289. The van der Waals surface area contributed by atoms with E-state index >= 15 is 0 Å². The summed E-state index contributed by atoms with van der Waals surface area (Å²) in [5, 5.41) is 21.0. The molecule has 0 unspecified atom stereocenters. The molecule has 32 heavy (non-hydrogen) atoms. The number of nitriles is 2. The number of fused-ring (bicyclic) bond motifs is 1. The van der Waals surface area contributed by atoms with E-state index in [-0.39, 0.29) is 24.2 Å². The van der Waals surface area contributed by atoms with E-state index in [0.717, 1.165) is 22.1 Å². The first kappa shape index (κ1) is 22.7. The molecule has 0 N–H and O–H groups in total. The number of ketones is 1. The van der Waals surface area contributed by atoms with E-state index in [1.165, 1.54) is 13.2 Å². The van der Waals surface area contributed by atoms with E-state index in [1.54, 1.807) is 19.9 Å². The van der Waals surface area contributed by atoms with E-state index in [9.17, 15) is 20.1 Å². The van der Waals surface area contributed by atoms with Crippen molar-refractivity contribution in [2.24, 2.45) is 0 Å². The molecular weight excluding hydrogens is 424 g/mol. The Labute approximate surface area is 189 Å². The summed E-state index contributed by atoms with van der Waals surface area (Å²) in [6.07, 6.45) is 1.35. The summed E-state index contributed by atoms with van der Waals surface area (Å²) >= 11 is 1.05. The van der Waals surface area contributed by atoms with Crippen molar-refractivity contribution < 1.29 is 19.1 Å². The number of hydrogen-bond donors (Lipinski definition) is 0. The maximum atomic E-state index is 13.0. The Bertz CT molecular complexity index is 1320. The Morgan fingerprint density at radius 3 is 2.56 bits per heavy atom. The number of allylic oxidation sites excluding steroid dienone is 1. The third kappa shape index (κ3) is 4.39. The van der Waals surface area contributed by atoms with E-state index in [2.05, 4.69) is 6.07 Å². The number of methoxy groups -OCH3 is 1. The van der Waals surface area contributed by atoms with Gasteiger partial charge in [0.05, 0.1) is 24.9 Å². The van der Waals surface area contributed by atoms with Gasteiger partial charge in [-0.3, -0.25) is 4.79 Å². The van der Waals surface area contributed by atoms with Crippen LogP contribution in [-0.2, 0) is 16.0 Å². The standard InChI is InChI=1S/C25H20N2O4S/c1-4-31-25(29)24-15(2)20(14-27)23(32-24)12-21(28)17(13-26)11-19-18-8-6-5-7-16(18)9-10-22(19)30-3/h5-11H,4,12H2,1-3H3/b17-11+. The summed E-state index contributed by atoms with van der Waals surface area (Å²) in [6, 6.07) is 15.3. The predicted molar refractivity (Wildman–Crippen MR) is 123 cm³/mol. The molecule has 3 aromatic rings. The summed E-state index contributed by atoms with van der Waals surface area (Å²) in [7, 11) is 1.53. The number of Topliss-reactive ketones (excluding diaryl/α,β-unsaturated/α-hetero) is 1. The van der Waals surface area contributed by atoms with Gasteiger partial charge >= 0.3 is 5.97 Å². The minimum absolute atomic E-state index is 0.0627. The lowest BCUT2D eigenvalue weighted by atomic mass is 9.98. The number of hydrogen-bond acceptors (Lipinski definition) is 7. The molecule has 0 aliphatic heterocycles. The van der Waals surface area contributed by atoms with Crippen molar-refractivity contribution in [3.05, 3.63) is 68.4 Å². The molecule has 1 heterocycles. The summed E-state index contributed by atoms with van der Waals surface area (Å²) in [6.45, 7) is 3.56. The number of nitrogens with zero attached hydrogens (tertiary/aromatic N) is 2. The van der Waals surface area contributed by atoms with Gasteiger partial charge in [-0.05, 0) is 42.3 Å². The summed E-state index contributed by atoms with van der Waals surface area (Å²) in [5.41, 5.74) is 1.32. The Hall–Kier alpha value is -3.94. The number of ether oxygens (including phenoxy) is 2. The molecular formula is C25H20N2O4S. The van der Waals surface area contributed by atoms with Crippen LogP contribution in [0.2, 0.25) is 0 Å². The highest BCUT2D eigenvalue weighted by molar-refractivity contribution is 7.14. The highest BCUT2D eigenvalue weighted by Gasteiger charge is 2.23. The second kappa shape index (κ2) is 9.91. The molecule has 6 nitrogen and oxygen atoms in total. The van der Waals surface area contributed by atoms with Crippen molar-refractivity contribution in [3.8, 4) is 17.9 Å². The van der Waals surface area contributed by atoms with Gasteiger partial charge < -0.3 is 9.47 Å². The van der Waals surface area contributed by atoms with Crippen LogP contribution in [0.5, 0.6) is 5.75 Å². The minimum atomic E-state index is -0.526. The topological polar surface area (TPSA) is 100 Å². The zero-order valence-electron chi connectivity index (χ0n) is 17.9. The van der Waals surface area contributed by atoms with Crippen molar-refractivity contribution in [1.82, 2.24) is 0 Å². The number of esters is 1. The SMILES string of the molecule is CCOC(=O)c1sc(CC(=O)/C(C#N)=C/c2c(OC)ccc3ccccc23)c(C#N)c1C. The van der Waals surface area contributed by atoms with E-state index < -0.39 is 11.8 Å². The fraction of sp³-hybridized carbons (Fsp3) is 0.200. The molecule has 7 heteroatoms. The average Bonchev–Trinajstić information content (AvgIpc) is 3.12. The molecule has 0 saturated carbocycles. The molecule has 2 aromatic carbocycles. The number of rotatable bonds is 7. The lowest BCUT2D eigenvalue weighted by Gasteiger charge is -2.09. The number of carbonyl (C=O) groups is 2. The van der Waals surface area contributed by atoms with Crippen LogP contribution in [0.15, 0.2) is 42.0 Å². The molecule has 0 amide bonds. The first-order valence-electron chi connectivity index (χ1n) is 9.85. The maximum Gasteiger partial charge on any atom is 0.348 e. The van der Waals surface area contributed by atoms with Crippen molar-refractivity contribution >= 4 is 39.9 Å². The molecule has 3 rings (SSSR count). The number of thiophene rings is 1. The monoisotopic (exact) mass is 444 g/mol. The normalized spacial score (nSPS) is 11.0. The molecule has 0 atom stereocenters. The molecule has 0 aliphatic carbocycles. The van der Waals surface area contributed by atoms with Gasteiger partial charge in [-0.2, -0.15) is 10.5 Å². The number of benzene rings is 2. The fourth-order valence-electron chi connectivity index (χ4n) is 3.40. The first-order chi connectivity index (χ1) is 15.4. The molecule has 0 fully saturated rings. The van der Waals surface area contributed by atoms with Gasteiger partial charge in [0.25, 0.3) is 0 Å². The Morgan fingerprint density at radius 1 is 1.16 bits per heavy atom. The van der Waals surface area contributed by atoms with Crippen LogP contribution in [0, 0.1) is 29.6 Å². The Kier molecular flexibility index (Phi) is 7.04.